The van der Waals surface area contributed by atoms with Crippen molar-refractivity contribution in [1.82, 2.24) is 5.43 Å². The fourth-order valence-corrected chi connectivity index (χ4v) is 2.07. The maximum Gasteiger partial charge on any atom is 0.310 e. The molecule has 0 spiro atoms. The molecule has 0 aliphatic carbocycles. The quantitative estimate of drug-likeness (QED) is 0.462. The number of carbonyl (C=O) groups is 1. The van der Waals surface area contributed by atoms with Crippen molar-refractivity contribution >= 4 is 33.7 Å². The van der Waals surface area contributed by atoms with Gasteiger partial charge in [0.1, 0.15) is 5.82 Å². The molecule has 0 saturated carbocycles. The van der Waals surface area contributed by atoms with E-state index in [1.807, 2.05) is 0 Å². The molecule has 2 aromatic rings. The third kappa shape index (κ3) is 4.85. The Bertz CT molecular complexity index is 798. The molecular weight excluding hydrogens is 385 g/mol. The Morgan fingerprint density at radius 2 is 2.12 bits per heavy atom. The minimum atomic E-state index is -0.639. The van der Waals surface area contributed by atoms with Crippen LogP contribution in [0.4, 0.5) is 10.1 Å². The van der Waals surface area contributed by atoms with Gasteiger partial charge in [-0.3, -0.25) is 14.9 Å². The molecule has 0 radical (unpaired) electrons. The van der Waals surface area contributed by atoms with Crippen LogP contribution in [0, 0.1) is 15.9 Å². The molecule has 2 rings (SSSR count). The highest BCUT2D eigenvalue weighted by molar-refractivity contribution is 9.10. The lowest BCUT2D eigenvalue weighted by atomic mass is 10.2. The summed E-state index contributed by atoms with van der Waals surface area (Å²) in [7, 11) is 0. The van der Waals surface area contributed by atoms with Gasteiger partial charge in [0.25, 0.3) is 5.91 Å². The molecular formula is C15H11BrFN3O4. The third-order valence-electron chi connectivity index (χ3n) is 2.77. The zero-order valence-electron chi connectivity index (χ0n) is 12.1. The van der Waals surface area contributed by atoms with Gasteiger partial charge in [0.2, 0.25) is 0 Å². The van der Waals surface area contributed by atoms with E-state index in [9.17, 15) is 19.3 Å². The largest absolute Gasteiger partial charge is 0.477 e. The van der Waals surface area contributed by atoms with Gasteiger partial charge in [-0.2, -0.15) is 5.10 Å². The number of amides is 1. The summed E-state index contributed by atoms with van der Waals surface area (Å²) < 4.78 is 19.2. The summed E-state index contributed by atoms with van der Waals surface area (Å²) in [4.78, 5) is 21.8. The van der Waals surface area contributed by atoms with E-state index in [0.29, 0.717) is 4.47 Å². The lowest BCUT2D eigenvalue weighted by molar-refractivity contribution is -0.385. The summed E-state index contributed by atoms with van der Waals surface area (Å²) in [5, 5.41) is 14.4. The molecule has 2 aromatic carbocycles. The van der Waals surface area contributed by atoms with Crippen LogP contribution in [0.3, 0.4) is 0 Å². The SMILES string of the molecule is O=C(COc1ccccc1[N+](=O)[O-])NN=Cc1cc(Br)ccc1F. The average Bonchev–Trinajstić information content (AvgIpc) is 2.56. The number of rotatable bonds is 6. The summed E-state index contributed by atoms with van der Waals surface area (Å²) in [6.45, 7) is -0.469. The van der Waals surface area contributed by atoms with Crippen LogP contribution in [0.2, 0.25) is 0 Å². The van der Waals surface area contributed by atoms with Crippen molar-refractivity contribution in [2.45, 2.75) is 0 Å². The number of halogens is 2. The molecule has 0 unspecified atom stereocenters. The Hall–Kier alpha value is -2.81. The second-order valence-corrected chi connectivity index (χ2v) is 5.39. The maximum absolute atomic E-state index is 13.5. The van der Waals surface area contributed by atoms with E-state index in [0.717, 1.165) is 6.21 Å². The Balaban J connectivity index is 1.91. The minimum Gasteiger partial charge on any atom is -0.477 e. The summed E-state index contributed by atoms with van der Waals surface area (Å²) in [5.74, 6) is -1.16. The molecule has 0 atom stereocenters. The standard InChI is InChI=1S/C15H11BrFN3O4/c16-11-5-6-12(17)10(7-11)8-18-19-15(21)9-24-14-4-2-1-3-13(14)20(22)23/h1-8H,9H2,(H,19,21). The second kappa shape index (κ2) is 8.16. The monoisotopic (exact) mass is 395 g/mol. The third-order valence-corrected chi connectivity index (χ3v) is 3.26. The number of hydrazone groups is 1. The van der Waals surface area contributed by atoms with Crippen LogP contribution >= 0.6 is 15.9 Å². The van der Waals surface area contributed by atoms with E-state index in [4.69, 9.17) is 4.74 Å². The van der Waals surface area contributed by atoms with Gasteiger partial charge < -0.3 is 4.74 Å². The number of nitro groups is 1. The number of hydrogen-bond acceptors (Lipinski definition) is 5. The van der Waals surface area contributed by atoms with E-state index in [1.165, 1.54) is 36.4 Å². The first-order chi connectivity index (χ1) is 11.5. The predicted molar refractivity (Wildman–Crippen MR) is 88.4 cm³/mol. The lowest BCUT2D eigenvalue weighted by Crippen LogP contribution is -2.24. The van der Waals surface area contributed by atoms with Crippen LogP contribution in [0.25, 0.3) is 0 Å². The van der Waals surface area contributed by atoms with Gasteiger partial charge in [0.05, 0.1) is 11.1 Å². The molecule has 0 saturated heterocycles. The van der Waals surface area contributed by atoms with Gasteiger partial charge in [-0.05, 0) is 24.3 Å². The van der Waals surface area contributed by atoms with E-state index in [-0.39, 0.29) is 17.0 Å². The van der Waals surface area contributed by atoms with Gasteiger partial charge in [-0.1, -0.05) is 28.1 Å². The molecule has 0 bridgehead atoms. The number of nitrogens with zero attached hydrogens (tertiary/aromatic N) is 2. The molecule has 7 nitrogen and oxygen atoms in total. The fourth-order valence-electron chi connectivity index (χ4n) is 1.69. The second-order valence-electron chi connectivity index (χ2n) is 4.47. The highest BCUT2D eigenvalue weighted by atomic mass is 79.9. The molecule has 124 valence electrons. The summed E-state index contributed by atoms with van der Waals surface area (Å²) >= 11 is 3.20. The van der Waals surface area contributed by atoms with Crippen LogP contribution in [0.5, 0.6) is 5.75 Å². The molecule has 24 heavy (non-hydrogen) atoms. The van der Waals surface area contributed by atoms with E-state index in [2.05, 4.69) is 26.5 Å². The molecule has 0 fully saturated rings. The number of nitro benzene ring substituents is 1. The van der Waals surface area contributed by atoms with Crippen molar-refractivity contribution in [2.75, 3.05) is 6.61 Å². The molecule has 0 aromatic heterocycles. The topological polar surface area (TPSA) is 93.8 Å². The van der Waals surface area contributed by atoms with E-state index < -0.39 is 23.3 Å². The van der Waals surface area contributed by atoms with Crippen molar-refractivity contribution in [1.29, 1.82) is 0 Å². The fraction of sp³-hybridized carbons (Fsp3) is 0.0667. The van der Waals surface area contributed by atoms with Crippen LogP contribution in [0.15, 0.2) is 52.0 Å². The number of hydrogen-bond donors (Lipinski definition) is 1. The van der Waals surface area contributed by atoms with Crippen molar-refractivity contribution in [3.05, 3.63) is 68.4 Å². The Morgan fingerprint density at radius 3 is 2.88 bits per heavy atom. The number of para-hydroxylation sites is 2. The average molecular weight is 396 g/mol. The Kier molecular flexibility index (Phi) is 5.96. The molecule has 1 N–H and O–H groups in total. The van der Waals surface area contributed by atoms with Gasteiger partial charge in [-0.15, -0.1) is 0 Å². The first-order valence-corrected chi connectivity index (χ1v) is 7.40. The van der Waals surface area contributed by atoms with Crippen LogP contribution in [-0.4, -0.2) is 23.7 Å². The van der Waals surface area contributed by atoms with Crippen molar-refractivity contribution < 1.29 is 18.8 Å². The van der Waals surface area contributed by atoms with Crippen molar-refractivity contribution in [3.63, 3.8) is 0 Å². The zero-order chi connectivity index (χ0) is 17.5. The van der Waals surface area contributed by atoms with E-state index >= 15 is 0 Å². The number of ether oxygens (including phenoxy) is 1. The highest BCUT2D eigenvalue weighted by Crippen LogP contribution is 2.25. The molecule has 1 amide bonds. The van der Waals surface area contributed by atoms with Crippen LogP contribution in [0.1, 0.15) is 5.56 Å². The van der Waals surface area contributed by atoms with Crippen LogP contribution < -0.4 is 10.2 Å². The molecule has 0 aliphatic heterocycles. The highest BCUT2D eigenvalue weighted by Gasteiger charge is 2.14. The molecule has 9 heteroatoms. The van der Waals surface area contributed by atoms with Gasteiger partial charge in [-0.25, -0.2) is 9.82 Å². The van der Waals surface area contributed by atoms with E-state index in [1.54, 1.807) is 6.07 Å². The number of carbonyl (C=O) groups excluding carboxylic acids is 1. The molecule has 0 aliphatic rings. The number of benzene rings is 2. The van der Waals surface area contributed by atoms with Crippen LogP contribution in [-0.2, 0) is 4.79 Å². The first-order valence-electron chi connectivity index (χ1n) is 6.60. The minimum absolute atomic E-state index is 0.0281. The van der Waals surface area contributed by atoms with Crippen molar-refractivity contribution in [2.24, 2.45) is 5.10 Å². The maximum atomic E-state index is 13.5. The summed E-state index contributed by atoms with van der Waals surface area (Å²) in [5.41, 5.74) is 2.09. The Labute approximate surface area is 144 Å². The zero-order valence-corrected chi connectivity index (χ0v) is 13.7. The van der Waals surface area contributed by atoms with Gasteiger partial charge >= 0.3 is 5.69 Å². The predicted octanol–water partition coefficient (Wildman–Crippen LogP) is 3.03. The van der Waals surface area contributed by atoms with Gasteiger partial charge in [0, 0.05) is 16.1 Å². The van der Waals surface area contributed by atoms with Crippen molar-refractivity contribution in [3.8, 4) is 5.75 Å². The molecule has 0 heterocycles. The first kappa shape index (κ1) is 17.5. The van der Waals surface area contributed by atoms with Gasteiger partial charge in [0.15, 0.2) is 12.4 Å². The smallest absolute Gasteiger partial charge is 0.310 e. The normalized spacial score (nSPS) is 10.6. The number of nitrogens with one attached hydrogen (secondary N) is 1. The Morgan fingerprint density at radius 1 is 1.38 bits per heavy atom. The lowest BCUT2D eigenvalue weighted by Gasteiger charge is -2.05. The summed E-state index contributed by atoms with van der Waals surface area (Å²) in [6, 6.07) is 9.97. The summed E-state index contributed by atoms with van der Waals surface area (Å²) in [6.07, 6.45) is 1.14.